The summed E-state index contributed by atoms with van der Waals surface area (Å²) in [7, 11) is 0. The van der Waals surface area contributed by atoms with Crippen LogP contribution in [0.4, 0.5) is 0 Å². The highest BCUT2D eigenvalue weighted by Crippen LogP contribution is 2.02. The maximum Gasteiger partial charge on any atom is 0.0747 e. The first-order valence-electron chi connectivity index (χ1n) is 4.26. The Balaban J connectivity index is 0.000000292. The van der Waals surface area contributed by atoms with Gasteiger partial charge in [-0.1, -0.05) is 42.5 Å². The monoisotopic (exact) mass is 223 g/mol. The zero-order valence-electron chi connectivity index (χ0n) is 8.27. The molecule has 0 radical (unpaired) electrons. The van der Waals surface area contributed by atoms with Crippen molar-refractivity contribution >= 4 is 29.0 Å². The zero-order valence-corrected chi connectivity index (χ0v) is 9.98. The minimum atomic E-state index is 0.190. The summed E-state index contributed by atoms with van der Waals surface area (Å²) in [5.41, 5.74) is 1.01. The molecule has 0 fully saturated rings. The Bertz CT molecular complexity index is 312. The van der Waals surface area contributed by atoms with Gasteiger partial charge in [0.25, 0.3) is 0 Å². The molecular weight excluding hydrogens is 210 g/mol. The van der Waals surface area contributed by atoms with Gasteiger partial charge in [0.05, 0.1) is 10.3 Å². The molecule has 0 aliphatic rings. The van der Waals surface area contributed by atoms with E-state index < -0.39 is 0 Å². The zero-order chi connectivity index (χ0) is 11.0. The Labute approximate surface area is 96.2 Å². The van der Waals surface area contributed by atoms with Gasteiger partial charge in [0.2, 0.25) is 0 Å². The second-order valence-electron chi connectivity index (χ2n) is 2.95. The van der Waals surface area contributed by atoms with Gasteiger partial charge in [0.15, 0.2) is 0 Å². The van der Waals surface area contributed by atoms with Crippen molar-refractivity contribution in [2.75, 3.05) is 0 Å². The number of nitrogens with zero attached hydrogens (tertiary/aromatic N) is 1. The quantitative estimate of drug-likeness (QED) is 0.582. The van der Waals surface area contributed by atoms with Gasteiger partial charge in [-0.05, 0) is 19.4 Å². The lowest BCUT2D eigenvalue weighted by Crippen LogP contribution is -1.83. The summed E-state index contributed by atoms with van der Waals surface area (Å²) in [6.07, 6.45) is 0. The van der Waals surface area contributed by atoms with Crippen LogP contribution in [0.15, 0.2) is 30.3 Å². The molecule has 0 aliphatic carbocycles. The molecule has 1 aromatic rings. The number of benzene rings is 1. The van der Waals surface area contributed by atoms with Gasteiger partial charge in [-0.2, -0.15) is 5.26 Å². The fraction of sp³-hybridized carbons (Fsp3) is 0.273. The van der Waals surface area contributed by atoms with Crippen molar-refractivity contribution in [3.05, 3.63) is 35.9 Å². The van der Waals surface area contributed by atoms with Crippen LogP contribution in [0.2, 0.25) is 0 Å². The summed E-state index contributed by atoms with van der Waals surface area (Å²) in [5.74, 6) is 0.190. The van der Waals surface area contributed by atoms with Crippen LogP contribution in [-0.2, 0) is 0 Å². The van der Waals surface area contributed by atoms with E-state index in [2.05, 4.69) is 12.6 Å². The van der Waals surface area contributed by atoms with Crippen LogP contribution >= 0.6 is 24.8 Å². The van der Waals surface area contributed by atoms with Gasteiger partial charge in [-0.3, -0.25) is 0 Å². The Kier molecular flexibility index (Phi) is 7.09. The Morgan fingerprint density at radius 3 is 2.00 bits per heavy atom. The summed E-state index contributed by atoms with van der Waals surface area (Å²) in [6, 6.07) is 11.7. The lowest BCUT2D eigenvalue weighted by atomic mass is 10.2. The van der Waals surface area contributed by atoms with Crippen LogP contribution in [0.1, 0.15) is 19.4 Å². The molecule has 0 spiro atoms. The first kappa shape index (κ1) is 13.2. The summed E-state index contributed by atoms with van der Waals surface area (Å²) in [5, 5.41) is 7.89. The second-order valence-corrected chi connectivity index (χ2v) is 4.11. The third kappa shape index (κ3) is 6.64. The average Bonchev–Trinajstić information content (AvgIpc) is 2.20. The predicted octanol–water partition coefficient (Wildman–Crippen LogP) is 3.46. The first-order valence-corrected chi connectivity index (χ1v) is 5.11. The summed E-state index contributed by atoms with van der Waals surface area (Å²) in [4.78, 5) is 0. The average molecular weight is 223 g/mol. The van der Waals surface area contributed by atoms with Crippen molar-refractivity contribution in [1.29, 1.82) is 5.26 Å². The smallest absolute Gasteiger partial charge is 0.0747 e. The van der Waals surface area contributed by atoms with Gasteiger partial charge < -0.3 is 0 Å². The molecule has 14 heavy (non-hydrogen) atoms. The molecule has 74 valence electrons. The molecular formula is C11H13NS2. The van der Waals surface area contributed by atoms with E-state index in [1.165, 1.54) is 0 Å². The van der Waals surface area contributed by atoms with Crippen LogP contribution < -0.4 is 0 Å². The van der Waals surface area contributed by atoms with Gasteiger partial charge in [-0.15, -0.1) is 12.6 Å². The van der Waals surface area contributed by atoms with Crippen molar-refractivity contribution in [1.82, 2.24) is 0 Å². The second kappa shape index (κ2) is 7.54. The molecule has 0 bridgehead atoms. The molecule has 1 nitrogen and oxygen atoms in total. The largest absolute Gasteiger partial charge is 0.198 e. The molecule has 0 unspecified atom stereocenters. The van der Waals surface area contributed by atoms with Crippen LogP contribution in [0.3, 0.4) is 0 Å². The number of thiocarbonyl (C=S) groups is 1. The molecule has 0 N–H and O–H groups in total. The molecule has 0 aromatic heterocycles. The maximum absolute atomic E-state index is 7.89. The van der Waals surface area contributed by atoms with Crippen molar-refractivity contribution in [3.63, 3.8) is 0 Å². The molecule has 0 saturated heterocycles. The molecule has 0 saturated carbocycles. The van der Waals surface area contributed by atoms with E-state index in [9.17, 15) is 0 Å². The number of nitriles is 1. The number of thiol groups is 1. The van der Waals surface area contributed by atoms with Crippen molar-refractivity contribution in [2.24, 2.45) is 5.92 Å². The van der Waals surface area contributed by atoms with Gasteiger partial charge in [-0.25, -0.2) is 0 Å². The minimum absolute atomic E-state index is 0.190. The normalized spacial score (nSPS) is 8.50. The van der Waals surface area contributed by atoms with Crippen molar-refractivity contribution in [2.45, 2.75) is 13.8 Å². The number of hydrogen-bond acceptors (Lipinski definition) is 2. The maximum atomic E-state index is 7.89. The van der Waals surface area contributed by atoms with Crippen molar-refractivity contribution in [3.8, 4) is 6.07 Å². The van der Waals surface area contributed by atoms with E-state index in [0.29, 0.717) is 4.20 Å². The summed E-state index contributed by atoms with van der Waals surface area (Å²) >= 11 is 8.85. The van der Waals surface area contributed by atoms with E-state index in [1.54, 1.807) is 0 Å². The highest BCUT2D eigenvalue weighted by atomic mass is 32.1. The molecule has 0 aliphatic heterocycles. The lowest BCUT2D eigenvalue weighted by Gasteiger charge is -1.91. The van der Waals surface area contributed by atoms with E-state index in [1.807, 2.05) is 50.2 Å². The Morgan fingerprint density at radius 2 is 1.79 bits per heavy atom. The first-order chi connectivity index (χ1) is 6.57. The minimum Gasteiger partial charge on any atom is -0.198 e. The van der Waals surface area contributed by atoms with E-state index in [4.69, 9.17) is 17.5 Å². The van der Waals surface area contributed by atoms with Gasteiger partial charge >= 0.3 is 0 Å². The molecule has 0 amide bonds. The van der Waals surface area contributed by atoms with E-state index in [-0.39, 0.29) is 5.92 Å². The molecule has 0 atom stereocenters. The topological polar surface area (TPSA) is 23.8 Å². The van der Waals surface area contributed by atoms with E-state index in [0.717, 1.165) is 5.56 Å². The van der Waals surface area contributed by atoms with E-state index >= 15 is 0 Å². The molecule has 1 rings (SSSR count). The Morgan fingerprint density at radius 1 is 1.36 bits per heavy atom. The SMILES string of the molecule is CC(C)C#N.S=C(S)c1ccccc1. The van der Waals surface area contributed by atoms with Crippen molar-refractivity contribution < 1.29 is 0 Å². The van der Waals surface area contributed by atoms with Crippen LogP contribution in [0.25, 0.3) is 0 Å². The standard InChI is InChI=1S/C7H6S2.C4H7N/c8-7(9)6-4-2-1-3-5-6;1-4(2)3-5/h1-5H,(H,8,9);4H,1-2H3. The third-order valence-electron chi connectivity index (χ3n) is 1.28. The lowest BCUT2D eigenvalue weighted by molar-refractivity contribution is 0.849. The Hall–Kier alpha value is -0.850. The third-order valence-corrected chi connectivity index (χ3v) is 1.77. The highest BCUT2D eigenvalue weighted by Gasteiger charge is 1.89. The fourth-order valence-electron chi connectivity index (χ4n) is 0.581. The molecule has 3 heteroatoms. The van der Waals surface area contributed by atoms with Crippen LogP contribution in [0.5, 0.6) is 0 Å². The predicted molar refractivity (Wildman–Crippen MR) is 67.6 cm³/mol. The van der Waals surface area contributed by atoms with Crippen LogP contribution in [0, 0.1) is 17.2 Å². The number of rotatable bonds is 1. The van der Waals surface area contributed by atoms with Crippen LogP contribution in [-0.4, -0.2) is 4.20 Å². The summed E-state index contributed by atoms with van der Waals surface area (Å²) in [6.45, 7) is 3.72. The van der Waals surface area contributed by atoms with Gasteiger partial charge in [0, 0.05) is 5.92 Å². The fourth-order valence-corrected chi connectivity index (χ4v) is 0.866. The van der Waals surface area contributed by atoms with Gasteiger partial charge in [0.1, 0.15) is 0 Å². The molecule has 1 aromatic carbocycles. The highest BCUT2D eigenvalue weighted by molar-refractivity contribution is 8.11. The number of hydrogen-bond donors (Lipinski definition) is 1. The summed E-state index contributed by atoms with van der Waals surface area (Å²) < 4.78 is 0.649. The molecule has 0 heterocycles.